The van der Waals surface area contributed by atoms with Crippen LogP contribution >= 0.6 is 28.1 Å². The second-order valence-corrected chi connectivity index (χ2v) is 7.02. The third-order valence-electron chi connectivity index (χ3n) is 2.28. The average Bonchev–Trinajstić information content (AvgIpc) is 2.26. The molecular weight excluding hydrogens is 350 g/mol. The lowest BCUT2D eigenvalue weighted by Gasteiger charge is -2.09. The summed E-state index contributed by atoms with van der Waals surface area (Å²) in [5.74, 6) is -0.394. The molecule has 1 aromatic heterocycles. The van der Waals surface area contributed by atoms with Crippen molar-refractivity contribution in [3.05, 3.63) is 34.9 Å². The zero-order valence-corrected chi connectivity index (χ0v) is 12.8. The highest BCUT2D eigenvalue weighted by Gasteiger charge is 2.14. The topological polar surface area (TPSA) is 85.1 Å². The highest BCUT2D eigenvalue weighted by atomic mass is 79.9. The van der Waals surface area contributed by atoms with E-state index >= 15 is 0 Å². The molecule has 0 aliphatic heterocycles. The Labute approximate surface area is 124 Å². The van der Waals surface area contributed by atoms with Crippen molar-refractivity contribution in [2.75, 3.05) is 10.5 Å². The first-order valence-corrected chi connectivity index (χ1v) is 8.06. The molecule has 0 saturated carbocycles. The van der Waals surface area contributed by atoms with Gasteiger partial charge in [-0.05, 0) is 28.1 Å². The van der Waals surface area contributed by atoms with Crippen LogP contribution in [0, 0.1) is 0 Å². The van der Waals surface area contributed by atoms with E-state index in [4.69, 9.17) is 5.73 Å². The van der Waals surface area contributed by atoms with Crippen LogP contribution in [0.4, 0.5) is 5.69 Å². The molecule has 0 spiro atoms. The number of nitrogens with two attached hydrogens (primary N) is 1. The molecule has 0 bridgehead atoms. The SMILES string of the molecule is NC(=S)CS(=O)(=O)Nc1cccc2cc(Br)cnc12. The van der Waals surface area contributed by atoms with Gasteiger partial charge in [-0.2, -0.15) is 0 Å². The molecular formula is C11H10BrN3O2S2. The monoisotopic (exact) mass is 359 g/mol. The van der Waals surface area contributed by atoms with Crippen molar-refractivity contribution in [1.29, 1.82) is 0 Å². The number of nitrogens with zero attached hydrogens (tertiary/aromatic N) is 1. The Morgan fingerprint density at radius 3 is 2.89 bits per heavy atom. The quantitative estimate of drug-likeness (QED) is 0.815. The molecule has 0 fully saturated rings. The van der Waals surface area contributed by atoms with E-state index in [2.05, 4.69) is 37.9 Å². The molecule has 3 N–H and O–H groups in total. The van der Waals surface area contributed by atoms with Crippen molar-refractivity contribution < 1.29 is 8.42 Å². The molecule has 1 aromatic carbocycles. The number of hydrogen-bond donors (Lipinski definition) is 2. The first-order chi connectivity index (χ1) is 8.87. The molecule has 2 rings (SSSR count). The van der Waals surface area contributed by atoms with Crippen LogP contribution in [0.1, 0.15) is 0 Å². The summed E-state index contributed by atoms with van der Waals surface area (Å²) in [6, 6.07) is 7.08. The van der Waals surface area contributed by atoms with Gasteiger partial charge >= 0.3 is 0 Å². The minimum absolute atomic E-state index is 0.0801. The lowest BCUT2D eigenvalue weighted by Crippen LogP contribution is -2.26. The van der Waals surface area contributed by atoms with Crippen LogP contribution in [0.5, 0.6) is 0 Å². The number of para-hydroxylation sites is 1. The Bertz CT molecular complexity index is 747. The van der Waals surface area contributed by atoms with Gasteiger partial charge in [-0.15, -0.1) is 0 Å². The van der Waals surface area contributed by atoms with Gasteiger partial charge in [-0.25, -0.2) is 8.42 Å². The third-order valence-corrected chi connectivity index (χ3v) is 4.26. The smallest absolute Gasteiger partial charge is 0.239 e. The van der Waals surface area contributed by atoms with E-state index < -0.39 is 15.8 Å². The summed E-state index contributed by atoms with van der Waals surface area (Å²) in [6.45, 7) is 0. The molecule has 0 saturated heterocycles. The minimum Gasteiger partial charge on any atom is -0.392 e. The molecule has 100 valence electrons. The molecule has 0 unspecified atom stereocenters. The van der Waals surface area contributed by atoms with E-state index in [1.165, 1.54) is 0 Å². The zero-order valence-electron chi connectivity index (χ0n) is 9.63. The Balaban J connectivity index is 2.44. The summed E-state index contributed by atoms with van der Waals surface area (Å²) in [6.07, 6.45) is 1.60. The van der Waals surface area contributed by atoms with Gasteiger partial charge in [0.25, 0.3) is 0 Å². The second kappa shape index (κ2) is 5.40. The van der Waals surface area contributed by atoms with Crippen LogP contribution in [0.2, 0.25) is 0 Å². The first kappa shape index (κ1) is 14.2. The van der Waals surface area contributed by atoms with Crippen LogP contribution in [0.15, 0.2) is 34.9 Å². The molecule has 0 amide bonds. The van der Waals surface area contributed by atoms with Crippen LogP contribution in [-0.2, 0) is 10.0 Å². The number of sulfonamides is 1. The van der Waals surface area contributed by atoms with Gasteiger partial charge in [0.2, 0.25) is 10.0 Å². The normalized spacial score (nSPS) is 11.4. The number of pyridine rings is 1. The summed E-state index contributed by atoms with van der Waals surface area (Å²) in [7, 11) is -3.60. The van der Waals surface area contributed by atoms with Crippen molar-refractivity contribution in [2.45, 2.75) is 0 Å². The van der Waals surface area contributed by atoms with E-state index in [0.29, 0.717) is 11.2 Å². The number of hydrogen-bond acceptors (Lipinski definition) is 4. The van der Waals surface area contributed by atoms with Crippen molar-refractivity contribution in [1.82, 2.24) is 4.98 Å². The van der Waals surface area contributed by atoms with Crippen LogP contribution in [0.25, 0.3) is 10.9 Å². The van der Waals surface area contributed by atoms with E-state index in [1.54, 1.807) is 18.3 Å². The van der Waals surface area contributed by atoms with Crippen molar-refractivity contribution in [3.8, 4) is 0 Å². The summed E-state index contributed by atoms with van der Waals surface area (Å²) in [4.78, 5) is 4.13. The van der Waals surface area contributed by atoms with Gasteiger partial charge in [0.05, 0.1) is 16.2 Å². The first-order valence-electron chi connectivity index (χ1n) is 5.20. The molecule has 0 aliphatic rings. The average molecular weight is 360 g/mol. The van der Waals surface area contributed by atoms with E-state index in [9.17, 15) is 8.42 Å². The van der Waals surface area contributed by atoms with Gasteiger partial charge in [0.15, 0.2) is 0 Å². The van der Waals surface area contributed by atoms with Crippen LogP contribution in [0.3, 0.4) is 0 Å². The Hall–Kier alpha value is -1.25. The van der Waals surface area contributed by atoms with Crippen molar-refractivity contribution in [2.24, 2.45) is 5.73 Å². The van der Waals surface area contributed by atoms with Crippen LogP contribution < -0.4 is 10.5 Å². The van der Waals surface area contributed by atoms with Crippen molar-refractivity contribution >= 4 is 59.7 Å². The number of rotatable bonds is 4. The molecule has 2 aromatic rings. The van der Waals surface area contributed by atoms with E-state index in [1.807, 2.05) is 12.1 Å². The summed E-state index contributed by atoms with van der Waals surface area (Å²) >= 11 is 7.93. The number of thiocarbonyl (C=S) groups is 1. The van der Waals surface area contributed by atoms with Gasteiger partial charge in [-0.3, -0.25) is 9.71 Å². The highest BCUT2D eigenvalue weighted by molar-refractivity contribution is 9.10. The molecule has 8 heteroatoms. The molecule has 1 heterocycles. The lowest BCUT2D eigenvalue weighted by molar-refractivity contribution is 0.605. The molecule has 0 atom stereocenters. The summed E-state index contributed by atoms with van der Waals surface area (Å²) < 4.78 is 26.9. The third kappa shape index (κ3) is 3.62. The van der Waals surface area contributed by atoms with Crippen molar-refractivity contribution in [3.63, 3.8) is 0 Å². The number of halogens is 1. The van der Waals surface area contributed by atoms with Gasteiger partial charge in [0, 0.05) is 16.1 Å². The number of nitrogens with one attached hydrogen (secondary N) is 1. The maximum Gasteiger partial charge on any atom is 0.239 e. The molecule has 5 nitrogen and oxygen atoms in total. The maximum absolute atomic E-state index is 11.8. The van der Waals surface area contributed by atoms with Gasteiger partial charge in [0.1, 0.15) is 5.75 Å². The minimum atomic E-state index is -3.60. The highest BCUT2D eigenvalue weighted by Crippen LogP contribution is 2.24. The Kier molecular flexibility index (Phi) is 4.02. The fourth-order valence-electron chi connectivity index (χ4n) is 1.61. The van der Waals surface area contributed by atoms with Gasteiger partial charge < -0.3 is 5.73 Å². The zero-order chi connectivity index (χ0) is 14.0. The number of anilines is 1. The maximum atomic E-state index is 11.8. The fraction of sp³-hybridized carbons (Fsp3) is 0.0909. The summed E-state index contributed by atoms with van der Waals surface area (Å²) in [5, 5.41) is 0.824. The standard InChI is InChI=1S/C11H10BrN3O2S2/c12-8-4-7-2-1-3-9(11(7)14-5-8)15-19(16,17)6-10(13)18/h1-5,15H,6H2,(H2,13,18). The lowest BCUT2D eigenvalue weighted by atomic mass is 10.2. The number of fused-ring (bicyclic) bond motifs is 1. The molecule has 0 aliphatic carbocycles. The largest absolute Gasteiger partial charge is 0.392 e. The summed E-state index contributed by atoms with van der Waals surface area (Å²) in [5.41, 5.74) is 6.23. The molecule has 0 radical (unpaired) electrons. The van der Waals surface area contributed by atoms with E-state index in [0.717, 1.165) is 9.86 Å². The predicted molar refractivity (Wildman–Crippen MR) is 83.6 cm³/mol. The van der Waals surface area contributed by atoms with Crippen LogP contribution in [-0.4, -0.2) is 24.1 Å². The molecule has 19 heavy (non-hydrogen) atoms. The Morgan fingerprint density at radius 1 is 1.47 bits per heavy atom. The number of aromatic nitrogens is 1. The Morgan fingerprint density at radius 2 is 2.21 bits per heavy atom. The fourth-order valence-corrected chi connectivity index (χ4v) is 3.37. The van der Waals surface area contributed by atoms with Gasteiger partial charge in [-0.1, -0.05) is 24.4 Å². The van der Waals surface area contributed by atoms with E-state index in [-0.39, 0.29) is 4.99 Å². The second-order valence-electron chi connectivity index (χ2n) is 3.86. The number of benzene rings is 1. The predicted octanol–water partition coefficient (Wildman–Crippen LogP) is 2.03.